The summed E-state index contributed by atoms with van der Waals surface area (Å²) in [5.74, 6) is 0.897. The Labute approximate surface area is 200 Å². The van der Waals surface area contributed by atoms with Gasteiger partial charge in [-0.3, -0.25) is 0 Å². The number of rotatable bonds is 6. The van der Waals surface area contributed by atoms with Crippen LogP contribution in [0.1, 0.15) is 25.7 Å². The summed E-state index contributed by atoms with van der Waals surface area (Å²) in [6, 6.07) is 11.8. The molecule has 178 valence electrons. The van der Waals surface area contributed by atoms with E-state index in [0.29, 0.717) is 29.0 Å². The number of hydrogen-bond donors (Lipinski definition) is 1. The van der Waals surface area contributed by atoms with Crippen molar-refractivity contribution in [2.75, 3.05) is 60.8 Å². The molecule has 2 atom stereocenters. The van der Waals surface area contributed by atoms with Crippen molar-refractivity contribution in [2.45, 2.75) is 44.1 Å². The van der Waals surface area contributed by atoms with E-state index in [2.05, 4.69) is 49.2 Å². The molecule has 2 aromatic rings. The highest BCUT2D eigenvalue weighted by atomic mass is 35.5. The molecule has 0 amide bonds. The number of ether oxygens (including phenoxy) is 2. The molecule has 5 rings (SSSR count). The van der Waals surface area contributed by atoms with Crippen molar-refractivity contribution in [3.05, 3.63) is 35.5 Å². The van der Waals surface area contributed by atoms with Gasteiger partial charge >= 0.3 is 0 Å². The lowest BCUT2D eigenvalue weighted by Crippen LogP contribution is -2.54. The highest BCUT2D eigenvalue weighted by molar-refractivity contribution is 6.29. The van der Waals surface area contributed by atoms with Crippen LogP contribution < -0.4 is 20.4 Å². The van der Waals surface area contributed by atoms with Crippen molar-refractivity contribution < 1.29 is 9.47 Å². The number of aromatic nitrogens is 2. The molecule has 2 N–H and O–H groups in total. The fraction of sp³-hybridized carbons (Fsp3) is 0.583. The van der Waals surface area contributed by atoms with Crippen LogP contribution in [0.3, 0.4) is 0 Å². The normalized spacial score (nSPS) is 23.6. The first-order valence-corrected chi connectivity index (χ1v) is 12.2. The Bertz CT molecular complexity index is 952. The number of benzene rings is 1. The molecule has 8 nitrogen and oxygen atoms in total. The van der Waals surface area contributed by atoms with E-state index in [1.54, 1.807) is 14.2 Å². The SMILES string of the molecule is COC(OC)C1CCN(c2cccc(N3C4CCC3CN(c3cc(Cl)nnc3N)C4)c2)CC1. The number of methoxy groups -OCH3 is 2. The van der Waals surface area contributed by atoms with E-state index >= 15 is 0 Å². The maximum absolute atomic E-state index is 6.12. The summed E-state index contributed by atoms with van der Waals surface area (Å²) in [5, 5.41) is 8.26. The smallest absolute Gasteiger partial charge is 0.169 e. The standard InChI is InChI=1S/C24H33ClN6O2/c1-32-24(33-2)16-8-10-29(11-9-16)17-4-3-5-18(12-17)31-19-6-7-20(31)15-30(14-19)21-13-22(25)27-28-23(21)26/h3-5,12-13,16,19-20,24H,6-11,14-15H2,1-2H3,(H2,26,28). The lowest BCUT2D eigenvalue weighted by molar-refractivity contribution is -0.141. The number of nitrogens with two attached hydrogens (primary N) is 1. The zero-order valence-electron chi connectivity index (χ0n) is 19.4. The predicted molar refractivity (Wildman–Crippen MR) is 132 cm³/mol. The van der Waals surface area contributed by atoms with Crippen LogP contribution >= 0.6 is 11.6 Å². The Morgan fingerprint density at radius 2 is 1.61 bits per heavy atom. The number of halogens is 1. The Morgan fingerprint density at radius 3 is 2.27 bits per heavy atom. The summed E-state index contributed by atoms with van der Waals surface area (Å²) in [4.78, 5) is 7.43. The Kier molecular flexibility index (Phi) is 6.49. The average molecular weight is 473 g/mol. The van der Waals surface area contributed by atoms with Gasteiger partial charge in [0.25, 0.3) is 0 Å². The number of anilines is 4. The maximum atomic E-state index is 6.12. The highest BCUT2D eigenvalue weighted by Gasteiger charge is 2.41. The third-order valence-corrected chi connectivity index (χ3v) is 7.66. The highest BCUT2D eigenvalue weighted by Crippen LogP contribution is 2.39. The van der Waals surface area contributed by atoms with Crippen molar-refractivity contribution in [2.24, 2.45) is 5.92 Å². The molecule has 1 aromatic carbocycles. The second-order valence-electron chi connectivity index (χ2n) is 9.32. The van der Waals surface area contributed by atoms with Gasteiger partial charge in [-0.15, -0.1) is 10.2 Å². The van der Waals surface area contributed by atoms with Crippen molar-refractivity contribution >= 4 is 34.5 Å². The zero-order valence-corrected chi connectivity index (χ0v) is 20.1. The molecule has 4 heterocycles. The fourth-order valence-corrected chi connectivity index (χ4v) is 6.05. The summed E-state index contributed by atoms with van der Waals surface area (Å²) >= 11 is 6.10. The van der Waals surface area contributed by atoms with Gasteiger partial charge in [0.15, 0.2) is 17.3 Å². The minimum atomic E-state index is -0.107. The van der Waals surface area contributed by atoms with Crippen LogP contribution in [-0.4, -0.2) is 69.0 Å². The van der Waals surface area contributed by atoms with Crippen molar-refractivity contribution in [3.63, 3.8) is 0 Å². The van der Waals surface area contributed by atoms with Gasteiger partial charge in [0, 0.05) is 75.8 Å². The average Bonchev–Trinajstić information content (AvgIpc) is 3.11. The number of nitrogen functional groups attached to an aromatic ring is 1. The molecule has 0 spiro atoms. The molecule has 3 aliphatic heterocycles. The zero-order chi connectivity index (χ0) is 22.9. The van der Waals surface area contributed by atoms with Crippen LogP contribution in [0.25, 0.3) is 0 Å². The molecule has 1 aromatic heterocycles. The molecule has 0 saturated carbocycles. The second-order valence-corrected chi connectivity index (χ2v) is 9.71. The first kappa shape index (κ1) is 22.5. The number of hydrogen-bond acceptors (Lipinski definition) is 8. The van der Waals surface area contributed by atoms with Gasteiger partial charge in [0.2, 0.25) is 0 Å². The monoisotopic (exact) mass is 472 g/mol. The van der Waals surface area contributed by atoms with Gasteiger partial charge in [-0.25, -0.2) is 0 Å². The van der Waals surface area contributed by atoms with E-state index < -0.39 is 0 Å². The van der Waals surface area contributed by atoms with Gasteiger partial charge < -0.3 is 29.9 Å². The van der Waals surface area contributed by atoms with Crippen LogP contribution in [0.4, 0.5) is 22.9 Å². The predicted octanol–water partition coefficient (Wildman–Crippen LogP) is 3.41. The maximum Gasteiger partial charge on any atom is 0.169 e. The first-order valence-electron chi connectivity index (χ1n) is 11.8. The number of piperazine rings is 1. The molecule has 0 aliphatic carbocycles. The minimum Gasteiger partial charge on any atom is -0.380 e. The molecule has 9 heteroatoms. The lowest BCUT2D eigenvalue weighted by atomic mass is 9.95. The summed E-state index contributed by atoms with van der Waals surface area (Å²) in [6.07, 6.45) is 4.40. The van der Waals surface area contributed by atoms with Crippen LogP contribution in [0.15, 0.2) is 30.3 Å². The van der Waals surface area contributed by atoms with Gasteiger partial charge in [0.1, 0.15) is 0 Å². The van der Waals surface area contributed by atoms with Gasteiger partial charge in [-0.05, 0) is 43.9 Å². The minimum absolute atomic E-state index is 0.107. The van der Waals surface area contributed by atoms with E-state index in [4.69, 9.17) is 26.8 Å². The van der Waals surface area contributed by atoms with Crippen LogP contribution in [0.5, 0.6) is 0 Å². The second kappa shape index (κ2) is 9.52. The summed E-state index contributed by atoms with van der Waals surface area (Å²) in [7, 11) is 3.46. The first-order chi connectivity index (χ1) is 16.1. The molecule has 3 fully saturated rings. The van der Waals surface area contributed by atoms with Gasteiger partial charge in [-0.2, -0.15) is 0 Å². The van der Waals surface area contributed by atoms with Crippen LogP contribution in [-0.2, 0) is 9.47 Å². The van der Waals surface area contributed by atoms with Gasteiger partial charge in [0.05, 0.1) is 5.69 Å². The molecule has 0 radical (unpaired) electrons. The van der Waals surface area contributed by atoms with E-state index in [9.17, 15) is 0 Å². The van der Waals surface area contributed by atoms with E-state index in [1.807, 2.05) is 6.07 Å². The summed E-state index contributed by atoms with van der Waals surface area (Å²) in [6.45, 7) is 3.86. The molecule has 3 aliphatic rings. The lowest BCUT2D eigenvalue weighted by Gasteiger charge is -2.44. The van der Waals surface area contributed by atoms with Gasteiger partial charge in [-0.1, -0.05) is 17.7 Å². The Hall–Kier alpha value is -2.29. The topological polar surface area (TPSA) is 80.0 Å². The Balaban J connectivity index is 1.29. The quantitative estimate of drug-likeness (QED) is 0.641. The van der Waals surface area contributed by atoms with E-state index in [0.717, 1.165) is 44.7 Å². The molecular weight excluding hydrogens is 440 g/mol. The van der Waals surface area contributed by atoms with E-state index in [-0.39, 0.29) is 6.29 Å². The largest absolute Gasteiger partial charge is 0.380 e. The third-order valence-electron chi connectivity index (χ3n) is 7.48. The summed E-state index contributed by atoms with van der Waals surface area (Å²) in [5.41, 5.74) is 9.63. The number of piperidine rings is 1. The fourth-order valence-electron chi connectivity index (χ4n) is 5.90. The number of fused-ring (bicyclic) bond motifs is 2. The van der Waals surface area contributed by atoms with Crippen molar-refractivity contribution in [1.82, 2.24) is 10.2 Å². The third kappa shape index (κ3) is 4.44. The van der Waals surface area contributed by atoms with E-state index in [1.165, 1.54) is 24.2 Å². The molecule has 33 heavy (non-hydrogen) atoms. The molecule has 2 unspecified atom stereocenters. The Morgan fingerprint density at radius 1 is 0.939 bits per heavy atom. The molecule has 3 saturated heterocycles. The van der Waals surface area contributed by atoms with Crippen molar-refractivity contribution in [1.29, 1.82) is 0 Å². The number of nitrogens with zero attached hydrogens (tertiary/aromatic N) is 5. The van der Waals surface area contributed by atoms with Crippen molar-refractivity contribution in [3.8, 4) is 0 Å². The summed E-state index contributed by atoms with van der Waals surface area (Å²) < 4.78 is 11.0. The molecular formula is C24H33ClN6O2. The van der Waals surface area contributed by atoms with Crippen LogP contribution in [0.2, 0.25) is 5.15 Å². The van der Waals surface area contributed by atoms with Crippen LogP contribution in [0, 0.1) is 5.92 Å². The molecule has 2 bridgehead atoms.